The second kappa shape index (κ2) is 4.64. The molecule has 1 heterocycles. The van der Waals surface area contributed by atoms with Gasteiger partial charge in [0, 0.05) is 18.8 Å². The maximum atomic E-state index is 9.23. The number of benzene rings is 1. The summed E-state index contributed by atoms with van der Waals surface area (Å²) in [6, 6.07) is 6.16. The van der Waals surface area contributed by atoms with Crippen molar-refractivity contribution < 1.29 is 5.11 Å². The molecule has 0 fully saturated rings. The highest BCUT2D eigenvalue weighted by atomic mass is 16.3. The Morgan fingerprint density at radius 3 is 3.00 bits per heavy atom. The molecule has 0 amide bonds. The largest absolute Gasteiger partial charge is 0.392 e. The van der Waals surface area contributed by atoms with E-state index < -0.39 is 0 Å². The van der Waals surface area contributed by atoms with E-state index in [4.69, 9.17) is 5.73 Å². The van der Waals surface area contributed by atoms with Gasteiger partial charge in [-0.25, -0.2) is 0 Å². The number of nitrogens with zero attached hydrogens (tertiary/aromatic N) is 1. The number of nitrogens with two attached hydrogens (primary N) is 1. The summed E-state index contributed by atoms with van der Waals surface area (Å²) < 4.78 is 0. The fourth-order valence-electron chi connectivity index (χ4n) is 2.24. The Labute approximate surface area is 90.5 Å². The first-order chi connectivity index (χ1) is 7.36. The Morgan fingerprint density at radius 1 is 1.40 bits per heavy atom. The summed E-state index contributed by atoms with van der Waals surface area (Å²) in [7, 11) is 0. The van der Waals surface area contributed by atoms with Crippen molar-refractivity contribution in [2.45, 2.75) is 19.4 Å². The zero-order valence-corrected chi connectivity index (χ0v) is 8.95. The first-order valence-corrected chi connectivity index (χ1v) is 5.53. The molecule has 0 saturated heterocycles. The van der Waals surface area contributed by atoms with Crippen molar-refractivity contribution in [1.82, 2.24) is 0 Å². The molecule has 82 valence electrons. The SMILES string of the molecule is NCCCN1CCc2c(CO)cccc21. The van der Waals surface area contributed by atoms with Gasteiger partial charge in [0.2, 0.25) is 0 Å². The minimum absolute atomic E-state index is 0.147. The van der Waals surface area contributed by atoms with Crippen LogP contribution in [0.1, 0.15) is 17.5 Å². The zero-order chi connectivity index (χ0) is 10.7. The van der Waals surface area contributed by atoms with Gasteiger partial charge in [-0.05, 0) is 36.6 Å². The van der Waals surface area contributed by atoms with Crippen molar-refractivity contribution in [3.63, 3.8) is 0 Å². The van der Waals surface area contributed by atoms with Crippen LogP contribution in [-0.2, 0) is 13.0 Å². The minimum Gasteiger partial charge on any atom is -0.392 e. The van der Waals surface area contributed by atoms with Crippen LogP contribution in [-0.4, -0.2) is 24.7 Å². The third-order valence-corrected chi connectivity index (χ3v) is 3.02. The third-order valence-electron chi connectivity index (χ3n) is 3.02. The molecule has 0 unspecified atom stereocenters. The van der Waals surface area contributed by atoms with E-state index in [1.807, 2.05) is 12.1 Å². The van der Waals surface area contributed by atoms with Gasteiger partial charge in [-0.3, -0.25) is 0 Å². The minimum atomic E-state index is 0.147. The molecule has 0 atom stereocenters. The van der Waals surface area contributed by atoms with E-state index in [1.165, 1.54) is 11.3 Å². The van der Waals surface area contributed by atoms with E-state index >= 15 is 0 Å². The maximum absolute atomic E-state index is 9.23. The fraction of sp³-hybridized carbons (Fsp3) is 0.500. The molecular weight excluding hydrogens is 188 g/mol. The first-order valence-electron chi connectivity index (χ1n) is 5.53. The Bertz CT molecular complexity index is 338. The Hall–Kier alpha value is -1.06. The van der Waals surface area contributed by atoms with Gasteiger partial charge in [0.25, 0.3) is 0 Å². The van der Waals surface area contributed by atoms with Gasteiger partial charge in [0.05, 0.1) is 6.61 Å². The normalized spacial score (nSPS) is 14.4. The van der Waals surface area contributed by atoms with E-state index in [9.17, 15) is 5.11 Å². The maximum Gasteiger partial charge on any atom is 0.0685 e. The highest BCUT2D eigenvalue weighted by Gasteiger charge is 2.20. The van der Waals surface area contributed by atoms with Crippen LogP contribution in [0, 0.1) is 0 Å². The van der Waals surface area contributed by atoms with E-state index in [0.29, 0.717) is 0 Å². The number of aliphatic hydroxyl groups is 1. The van der Waals surface area contributed by atoms with E-state index in [1.54, 1.807) is 0 Å². The molecule has 0 aromatic heterocycles. The standard InChI is InChI=1S/C12H18N2O/c13-6-2-7-14-8-5-11-10(9-15)3-1-4-12(11)14/h1,3-4,15H,2,5-9,13H2. The average Bonchev–Trinajstić information content (AvgIpc) is 2.69. The van der Waals surface area contributed by atoms with Crippen LogP contribution in [0.5, 0.6) is 0 Å². The van der Waals surface area contributed by atoms with Crippen molar-refractivity contribution in [3.05, 3.63) is 29.3 Å². The van der Waals surface area contributed by atoms with Crippen molar-refractivity contribution in [2.75, 3.05) is 24.5 Å². The molecule has 3 heteroatoms. The molecule has 0 aliphatic carbocycles. The molecule has 1 aliphatic heterocycles. The van der Waals surface area contributed by atoms with Crippen LogP contribution >= 0.6 is 0 Å². The van der Waals surface area contributed by atoms with Crippen LogP contribution in [0.4, 0.5) is 5.69 Å². The summed E-state index contributed by atoms with van der Waals surface area (Å²) in [5.74, 6) is 0. The lowest BCUT2D eigenvalue weighted by Crippen LogP contribution is -2.23. The number of aliphatic hydroxyl groups excluding tert-OH is 1. The summed E-state index contributed by atoms with van der Waals surface area (Å²) >= 11 is 0. The lowest BCUT2D eigenvalue weighted by Gasteiger charge is -2.19. The van der Waals surface area contributed by atoms with Gasteiger partial charge < -0.3 is 15.7 Å². The Balaban J connectivity index is 2.19. The predicted molar refractivity (Wildman–Crippen MR) is 62.0 cm³/mol. The second-order valence-electron chi connectivity index (χ2n) is 3.95. The monoisotopic (exact) mass is 206 g/mol. The van der Waals surface area contributed by atoms with Gasteiger partial charge in [0.15, 0.2) is 0 Å². The summed E-state index contributed by atoms with van der Waals surface area (Å²) in [4.78, 5) is 2.36. The zero-order valence-electron chi connectivity index (χ0n) is 8.95. The summed E-state index contributed by atoms with van der Waals surface area (Å²) in [6.07, 6.45) is 2.08. The first kappa shape index (κ1) is 10.5. The van der Waals surface area contributed by atoms with Gasteiger partial charge in [-0.15, -0.1) is 0 Å². The Kier molecular flexibility index (Phi) is 3.23. The lowest BCUT2D eigenvalue weighted by molar-refractivity contribution is 0.281. The third kappa shape index (κ3) is 1.98. The van der Waals surface area contributed by atoms with Crippen LogP contribution in [0.3, 0.4) is 0 Å². The molecule has 3 nitrogen and oxygen atoms in total. The molecule has 1 aromatic carbocycles. The average molecular weight is 206 g/mol. The molecule has 0 spiro atoms. The van der Waals surface area contributed by atoms with Crippen molar-refractivity contribution in [1.29, 1.82) is 0 Å². The molecule has 1 aliphatic rings. The molecular formula is C12H18N2O. The van der Waals surface area contributed by atoms with Crippen molar-refractivity contribution in [2.24, 2.45) is 5.73 Å². The topological polar surface area (TPSA) is 49.5 Å². The van der Waals surface area contributed by atoms with Crippen LogP contribution in [0.2, 0.25) is 0 Å². The summed E-state index contributed by atoms with van der Waals surface area (Å²) in [6.45, 7) is 2.98. The summed E-state index contributed by atoms with van der Waals surface area (Å²) in [5.41, 5.74) is 9.19. The molecule has 15 heavy (non-hydrogen) atoms. The molecule has 0 saturated carbocycles. The van der Waals surface area contributed by atoms with E-state index in [2.05, 4.69) is 11.0 Å². The van der Waals surface area contributed by atoms with Gasteiger partial charge >= 0.3 is 0 Å². The molecule has 0 bridgehead atoms. The van der Waals surface area contributed by atoms with Gasteiger partial charge in [-0.1, -0.05) is 12.1 Å². The molecule has 3 N–H and O–H groups in total. The summed E-state index contributed by atoms with van der Waals surface area (Å²) in [5, 5.41) is 9.23. The van der Waals surface area contributed by atoms with E-state index in [0.717, 1.165) is 38.0 Å². The highest BCUT2D eigenvalue weighted by Crippen LogP contribution is 2.30. The molecule has 1 aromatic rings. The van der Waals surface area contributed by atoms with Gasteiger partial charge in [0.1, 0.15) is 0 Å². The quantitative estimate of drug-likeness (QED) is 0.769. The second-order valence-corrected chi connectivity index (χ2v) is 3.95. The number of rotatable bonds is 4. The molecule has 2 rings (SSSR count). The van der Waals surface area contributed by atoms with Crippen LogP contribution < -0.4 is 10.6 Å². The highest BCUT2D eigenvalue weighted by molar-refractivity contribution is 5.60. The number of fused-ring (bicyclic) bond motifs is 1. The lowest BCUT2D eigenvalue weighted by atomic mass is 10.1. The van der Waals surface area contributed by atoms with Crippen molar-refractivity contribution in [3.8, 4) is 0 Å². The molecule has 0 radical (unpaired) electrons. The van der Waals surface area contributed by atoms with Crippen LogP contribution in [0.25, 0.3) is 0 Å². The van der Waals surface area contributed by atoms with Gasteiger partial charge in [-0.2, -0.15) is 0 Å². The predicted octanol–water partition coefficient (Wildman–Crippen LogP) is 0.890. The van der Waals surface area contributed by atoms with E-state index in [-0.39, 0.29) is 6.61 Å². The number of hydrogen-bond acceptors (Lipinski definition) is 3. The smallest absolute Gasteiger partial charge is 0.0685 e. The van der Waals surface area contributed by atoms with Crippen LogP contribution in [0.15, 0.2) is 18.2 Å². The fourth-order valence-corrected chi connectivity index (χ4v) is 2.24. The Morgan fingerprint density at radius 2 is 2.27 bits per heavy atom. The van der Waals surface area contributed by atoms with Crippen molar-refractivity contribution >= 4 is 5.69 Å². The number of anilines is 1. The number of hydrogen-bond donors (Lipinski definition) is 2.